The van der Waals surface area contributed by atoms with Crippen LogP contribution < -0.4 is 5.73 Å². The molecule has 0 spiro atoms. The van der Waals surface area contributed by atoms with Gasteiger partial charge in [-0.05, 0) is 24.0 Å². The number of halogens is 3. The lowest BCUT2D eigenvalue weighted by Crippen LogP contribution is -2.27. The van der Waals surface area contributed by atoms with Gasteiger partial charge in [-0.25, -0.2) is 0 Å². The molecule has 3 N–H and O–H groups in total. The van der Waals surface area contributed by atoms with Crippen LogP contribution in [0, 0.1) is 5.92 Å². The molecule has 1 aromatic carbocycles. The minimum atomic E-state index is -0.601. The van der Waals surface area contributed by atoms with Gasteiger partial charge >= 0.3 is 0 Å². The van der Waals surface area contributed by atoms with Gasteiger partial charge in [-0.15, -0.1) is 12.4 Å². The smallest absolute Gasteiger partial charge is 0.0735 e. The third-order valence-electron chi connectivity index (χ3n) is 2.47. The molecular formula is C12H18Cl3NO. The second-order valence-corrected chi connectivity index (χ2v) is 5.15. The molecule has 0 aliphatic heterocycles. The summed E-state index contributed by atoms with van der Waals surface area (Å²) in [6.07, 6.45) is 0.0419. The number of nitrogens with two attached hydrogens (primary N) is 1. The third-order valence-corrected chi connectivity index (χ3v) is 3.30. The monoisotopic (exact) mass is 297 g/mol. The highest BCUT2D eigenvalue weighted by atomic mass is 35.5. The highest BCUT2D eigenvalue weighted by Gasteiger charge is 2.20. The third kappa shape index (κ3) is 4.65. The van der Waals surface area contributed by atoms with Crippen molar-refractivity contribution >= 4 is 35.6 Å². The summed E-state index contributed by atoms with van der Waals surface area (Å²) in [4.78, 5) is 0. The van der Waals surface area contributed by atoms with Crippen molar-refractivity contribution < 1.29 is 5.11 Å². The predicted octanol–water partition coefficient (Wildman–Crippen LogP) is 3.82. The molecule has 0 aromatic heterocycles. The van der Waals surface area contributed by atoms with Crippen LogP contribution in [0.15, 0.2) is 18.2 Å². The summed E-state index contributed by atoms with van der Waals surface area (Å²) in [5, 5.41) is 10.8. The lowest BCUT2D eigenvalue weighted by atomic mass is 9.95. The van der Waals surface area contributed by atoms with Gasteiger partial charge in [-0.3, -0.25) is 0 Å². The van der Waals surface area contributed by atoms with Crippen molar-refractivity contribution in [2.75, 3.05) is 0 Å². The van der Waals surface area contributed by atoms with Gasteiger partial charge in [0.15, 0.2) is 0 Å². The van der Waals surface area contributed by atoms with Gasteiger partial charge in [0.1, 0.15) is 0 Å². The van der Waals surface area contributed by atoms with Crippen LogP contribution >= 0.6 is 35.6 Å². The summed E-state index contributed by atoms with van der Waals surface area (Å²) < 4.78 is 0. The second kappa shape index (κ2) is 7.45. The van der Waals surface area contributed by atoms with Gasteiger partial charge in [0, 0.05) is 0 Å². The first kappa shape index (κ1) is 17.0. The van der Waals surface area contributed by atoms with E-state index in [1.165, 1.54) is 0 Å². The van der Waals surface area contributed by atoms with Gasteiger partial charge in [0.05, 0.1) is 22.2 Å². The zero-order valence-corrected chi connectivity index (χ0v) is 12.2. The van der Waals surface area contributed by atoms with E-state index >= 15 is 0 Å². The molecule has 0 aliphatic rings. The number of rotatable bonds is 4. The lowest BCUT2D eigenvalue weighted by molar-refractivity contribution is 0.121. The standard InChI is InChI=1S/C12H17Cl2NO.ClH/c1-7(2)6-10(16)12(15)8-4-3-5-9(13)11(8)14;/h3-5,7,10,12,16H,6,15H2,1-2H3;1H/t10-,12+;/m1./s1. The Morgan fingerprint density at radius 1 is 1.29 bits per heavy atom. The van der Waals surface area contributed by atoms with E-state index in [4.69, 9.17) is 28.9 Å². The van der Waals surface area contributed by atoms with Crippen LogP contribution in [0.1, 0.15) is 31.9 Å². The van der Waals surface area contributed by atoms with Gasteiger partial charge in [-0.1, -0.05) is 49.2 Å². The zero-order valence-electron chi connectivity index (χ0n) is 9.86. The Morgan fingerprint density at radius 2 is 1.88 bits per heavy atom. The topological polar surface area (TPSA) is 46.2 Å². The molecule has 2 atom stereocenters. The largest absolute Gasteiger partial charge is 0.391 e. The minimum absolute atomic E-state index is 0. The average molecular weight is 299 g/mol. The van der Waals surface area contributed by atoms with E-state index in [1.54, 1.807) is 18.2 Å². The number of aliphatic hydroxyl groups is 1. The molecule has 5 heteroatoms. The summed E-state index contributed by atoms with van der Waals surface area (Å²) in [6.45, 7) is 4.07. The summed E-state index contributed by atoms with van der Waals surface area (Å²) in [5.74, 6) is 0.388. The summed E-state index contributed by atoms with van der Waals surface area (Å²) in [6, 6.07) is 4.79. The molecule has 0 bridgehead atoms. The van der Waals surface area contributed by atoms with E-state index in [0.29, 0.717) is 27.9 Å². The molecule has 0 fully saturated rings. The Morgan fingerprint density at radius 3 is 2.41 bits per heavy atom. The Kier molecular flexibility index (Phi) is 7.45. The van der Waals surface area contributed by atoms with Crippen LogP contribution in [0.5, 0.6) is 0 Å². The highest BCUT2D eigenvalue weighted by Crippen LogP contribution is 2.31. The average Bonchev–Trinajstić information content (AvgIpc) is 2.20. The van der Waals surface area contributed by atoms with Crippen molar-refractivity contribution in [3.63, 3.8) is 0 Å². The van der Waals surface area contributed by atoms with Crippen molar-refractivity contribution in [2.45, 2.75) is 32.4 Å². The SMILES string of the molecule is CC(C)C[C@@H](O)[C@@H](N)c1cccc(Cl)c1Cl.Cl. The summed E-state index contributed by atoms with van der Waals surface area (Å²) in [5.41, 5.74) is 6.66. The van der Waals surface area contributed by atoms with Crippen LogP contribution in [0.4, 0.5) is 0 Å². The molecule has 1 aromatic rings. The Bertz CT molecular complexity index is 358. The summed E-state index contributed by atoms with van der Waals surface area (Å²) in [7, 11) is 0. The van der Waals surface area contributed by atoms with E-state index in [-0.39, 0.29) is 12.4 Å². The Hall–Kier alpha value is 0.01000. The van der Waals surface area contributed by atoms with E-state index in [0.717, 1.165) is 0 Å². The molecule has 0 aliphatic carbocycles. The number of aliphatic hydroxyl groups excluding tert-OH is 1. The molecule has 17 heavy (non-hydrogen) atoms. The van der Waals surface area contributed by atoms with Crippen LogP contribution in [-0.2, 0) is 0 Å². The first-order valence-electron chi connectivity index (χ1n) is 5.31. The maximum absolute atomic E-state index is 9.93. The van der Waals surface area contributed by atoms with Crippen molar-refractivity contribution in [3.8, 4) is 0 Å². The van der Waals surface area contributed by atoms with E-state index in [2.05, 4.69) is 0 Å². The molecule has 0 amide bonds. The predicted molar refractivity (Wildman–Crippen MR) is 76.1 cm³/mol. The molecule has 0 radical (unpaired) electrons. The van der Waals surface area contributed by atoms with Crippen LogP contribution in [-0.4, -0.2) is 11.2 Å². The van der Waals surface area contributed by atoms with Crippen molar-refractivity contribution in [1.82, 2.24) is 0 Å². The lowest BCUT2D eigenvalue weighted by Gasteiger charge is -2.22. The van der Waals surface area contributed by atoms with Gasteiger partial charge < -0.3 is 10.8 Å². The van der Waals surface area contributed by atoms with E-state index in [9.17, 15) is 5.11 Å². The van der Waals surface area contributed by atoms with Gasteiger partial charge in [0.25, 0.3) is 0 Å². The van der Waals surface area contributed by atoms with Gasteiger partial charge in [0.2, 0.25) is 0 Å². The van der Waals surface area contributed by atoms with Crippen molar-refractivity contribution in [3.05, 3.63) is 33.8 Å². The fourth-order valence-electron chi connectivity index (χ4n) is 1.61. The first-order valence-corrected chi connectivity index (χ1v) is 6.06. The molecule has 2 nitrogen and oxygen atoms in total. The van der Waals surface area contributed by atoms with E-state index < -0.39 is 12.1 Å². The van der Waals surface area contributed by atoms with Crippen molar-refractivity contribution in [2.24, 2.45) is 11.7 Å². The fourth-order valence-corrected chi connectivity index (χ4v) is 2.05. The summed E-state index contributed by atoms with van der Waals surface area (Å²) >= 11 is 11.9. The van der Waals surface area contributed by atoms with Crippen molar-refractivity contribution in [1.29, 1.82) is 0 Å². The molecule has 98 valence electrons. The maximum Gasteiger partial charge on any atom is 0.0735 e. The normalized spacial score (nSPS) is 14.3. The molecule has 0 saturated heterocycles. The number of benzene rings is 1. The number of hydrogen-bond donors (Lipinski definition) is 2. The number of hydrogen-bond acceptors (Lipinski definition) is 2. The molecule has 0 unspecified atom stereocenters. The first-order chi connectivity index (χ1) is 7.43. The molecule has 1 rings (SSSR count). The Labute approximate surface area is 119 Å². The molecule has 0 heterocycles. The van der Waals surface area contributed by atoms with Crippen LogP contribution in [0.2, 0.25) is 10.0 Å². The van der Waals surface area contributed by atoms with Gasteiger partial charge in [-0.2, -0.15) is 0 Å². The second-order valence-electron chi connectivity index (χ2n) is 4.37. The minimum Gasteiger partial charge on any atom is -0.391 e. The molecular weight excluding hydrogens is 280 g/mol. The van der Waals surface area contributed by atoms with E-state index in [1.807, 2.05) is 13.8 Å². The van der Waals surface area contributed by atoms with Crippen LogP contribution in [0.25, 0.3) is 0 Å². The Balaban J connectivity index is 0.00000256. The molecule has 0 saturated carbocycles. The maximum atomic E-state index is 9.93. The van der Waals surface area contributed by atoms with Crippen LogP contribution in [0.3, 0.4) is 0 Å². The fraction of sp³-hybridized carbons (Fsp3) is 0.500. The zero-order chi connectivity index (χ0) is 12.3. The quantitative estimate of drug-likeness (QED) is 0.887. The highest BCUT2D eigenvalue weighted by molar-refractivity contribution is 6.42.